The highest BCUT2D eigenvalue weighted by Crippen LogP contribution is 2.21. The van der Waals surface area contributed by atoms with Crippen LogP contribution in [0.15, 0.2) is 0 Å². The van der Waals surface area contributed by atoms with Crippen LogP contribution in [0.5, 0.6) is 0 Å². The van der Waals surface area contributed by atoms with Gasteiger partial charge in [0.2, 0.25) is 0 Å². The number of aliphatic hydroxyl groups is 1. The van der Waals surface area contributed by atoms with Gasteiger partial charge in [0.05, 0.1) is 13.2 Å². The molecule has 0 aromatic rings. The Balaban J connectivity index is 4.27. The first-order chi connectivity index (χ1) is 8.97. The first-order valence-corrected chi connectivity index (χ1v) is 7.50. The van der Waals surface area contributed by atoms with Crippen LogP contribution < -0.4 is 5.32 Å². The molecule has 0 rings (SSSR count). The highest BCUT2D eigenvalue weighted by atomic mass is 16.5. The fourth-order valence-corrected chi connectivity index (χ4v) is 2.13. The van der Waals surface area contributed by atoms with Crippen LogP contribution in [-0.2, 0) is 4.74 Å². The molecule has 1 unspecified atom stereocenters. The van der Waals surface area contributed by atoms with Gasteiger partial charge in [-0.1, -0.05) is 27.7 Å². The maximum atomic E-state index is 9.16. The maximum absolute atomic E-state index is 9.16. The molecule has 0 aliphatic carbocycles. The van der Waals surface area contributed by atoms with Gasteiger partial charge >= 0.3 is 0 Å². The van der Waals surface area contributed by atoms with E-state index in [0.717, 1.165) is 45.8 Å². The molecular formula is C15H34N2O2. The zero-order valence-corrected chi connectivity index (χ0v) is 13.5. The van der Waals surface area contributed by atoms with Gasteiger partial charge in [0.1, 0.15) is 0 Å². The molecule has 116 valence electrons. The van der Waals surface area contributed by atoms with Crippen LogP contribution in [0.3, 0.4) is 0 Å². The summed E-state index contributed by atoms with van der Waals surface area (Å²) in [6, 6.07) is 0. The Hall–Kier alpha value is -0.160. The monoisotopic (exact) mass is 274 g/mol. The van der Waals surface area contributed by atoms with E-state index in [1.54, 1.807) is 7.11 Å². The van der Waals surface area contributed by atoms with Gasteiger partial charge in [-0.25, -0.2) is 0 Å². The smallest absolute Gasteiger partial charge is 0.0589 e. The number of methoxy groups -OCH3 is 1. The maximum Gasteiger partial charge on any atom is 0.0589 e. The largest absolute Gasteiger partial charge is 0.395 e. The summed E-state index contributed by atoms with van der Waals surface area (Å²) in [5, 5.41) is 12.7. The van der Waals surface area contributed by atoms with Crippen LogP contribution in [0.4, 0.5) is 0 Å². The van der Waals surface area contributed by atoms with Crippen molar-refractivity contribution in [3.05, 3.63) is 0 Å². The third kappa shape index (κ3) is 9.38. The van der Waals surface area contributed by atoms with Crippen molar-refractivity contribution in [3.63, 3.8) is 0 Å². The van der Waals surface area contributed by atoms with Gasteiger partial charge in [-0.05, 0) is 24.3 Å². The summed E-state index contributed by atoms with van der Waals surface area (Å²) in [5.74, 6) is 0.683. The molecule has 0 aromatic heterocycles. The third-order valence-corrected chi connectivity index (χ3v) is 3.59. The lowest BCUT2D eigenvalue weighted by Gasteiger charge is -2.35. The number of ether oxygens (including phenoxy) is 1. The van der Waals surface area contributed by atoms with Crippen molar-refractivity contribution in [1.82, 2.24) is 10.2 Å². The topological polar surface area (TPSA) is 44.7 Å². The fourth-order valence-electron chi connectivity index (χ4n) is 2.13. The second kappa shape index (κ2) is 10.6. The molecule has 0 spiro atoms. The number of aliphatic hydroxyl groups excluding tert-OH is 1. The van der Waals surface area contributed by atoms with Crippen molar-refractivity contribution in [3.8, 4) is 0 Å². The quantitative estimate of drug-likeness (QED) is 0.567. The third-order valence-electron chi connectivity index (χ3n) is 3.59. The van der Waals surface area contributed by atoms with Gasteiger partial charge in [-0.15, -0.1) is 0 Å². The Bertz CT molecular complexity index is 212. The van der Waals surface area contributed by atoms with Crippen molar-refractivity contribution < 1.29 is 9.84 Å². The second-order valence-electron chi connectivity index (χ2n) is 6.18. The number of hydrogen-bond acceptors (Lipinski definition) is 4. The van der Waals surface area contributed by atoms with Crippen LogP contribution in [0.1, 0.15) is 34.1 Å². The molecule has 4 nitrogen and oxygen atoms in total. The van der Waals surface area contributed by atoms with Gasteiger partial charge in [-0.2, -0.15) is 0 Å². The first-order valence-electron chi connectivity index (χ1n) is 7.50. The highest BCUT2D eigenvalue weighted by Gasteiger charge is 2.24. The summed E-state index contributed by atoms with van der Waals surface area (Å²) >= 11 is 0. The van der Waals surface area contributed by atoms with E-state index in [0.29, 0.717) is 5.92 Å². The lowest BCUT2D eigenvalue weighted by Crippen LogP contribution is -2.44. The minimum absolute atomic E-state index is 0.211. The lowest BCUT2D eigenvalue weighted by atomic mass is 9.86. The zero-order valence-electron chi connectivity index (χ0n) is 13.5. The standard InChI is InChI=1S/C15H34N2O2/c1-6-15(4,12-16-11-14(2)3)13-17(7-9-18)8-10-19-5/h14,16,18H,6-13H2,1-5H3. The molecule has 4 heteroatoms. The van der Waals surface area contributed by atoms with Crippen LogP contribution >= 0.6 is 0 Å². The van der Waals surface area contributed by atoms with Gasteiger partial charge in [0.15, 0.2) is 0 Å². The normalized spacial score (nSPS) is 15.2. The fraction of sp³-hybridized carbons (Fsp3) is 1.00. The summed E-state index contributed by atoms with van der Waals surface area (Å²) in [7, 11) is 1.72. The Kier molecular flexibility index (Phi) is 10.5. The average Bonchev–Trinajstić information content (AvgIpc) is 2.35. The van der Waals surface area contributed by atoms with Crippen LogP contribution in [-0.4, -0.2) is 63.1 Å². The van der Waals surface area contributed by atoms with Crippen LogP contribution in [0.25, 0.3) is 0 Å². The summed E-state index contributed by atoms with van der Waals surface area (Å²) in [4.78, 5) is 2.30. The zero-order chi connectivity index (χ0) is 14.7. The van der Waals surface area contributed by atoms with Crippen molar-refractivity contribution in [2.24, 2.45) is 11.3 Å². The van der Waals surface area contributed by atoms with Crippen LogP contribution in [0.2, 0.25) is 0 Å². The van der Waals surface area contributed by atoms with E-state index in [2.05, 4.69) is 37.9 Å². The molecule has 1 atom stereocenters. The average molecular weight is 274 g/mol. The minimum Gasteiger partial charge on any atom is -0.395 e. The van der Waals surface area contributed by atoms with Gasteiger partial charge in [-0.3, -0.25) is 4.90 Å². The van der Waals surface area contributed by atoms with E-state index >= 15 is 0 Å². The van der Waals surface area contributed by atoms with E-state index in [1.165, 1.54) is 0 Å². The Morgan fingerprint density at radius 3 is 2.47 bits per heavy atom. The summed E-state index contributed by atoms with van der Waals surface area (Å²) < 4.78 is 5.14. The van der Waals surface area contributed by atoms with E-state index in [1.807, 2.05) is 0 Å². The predicted molar refractivity (Wildman–Crippen MR) is 81.5 cm³/mol. The molecule has 19 heavy (non-hydrogen) atoms. The predicted octanol–water partition coefficient (Wildman–Crippen LogP) is 1.59. The molecule has 0 aliphatic heterocycles. The molecule has 0 heterocycles. The van der Waals surface area contributed by atoms with Gasteiger partial charge in [0, 0.05) is 33.3 Å². The van der Waals surface area contributed by atoms with Crippen molar-refractivity contribution >= 4 is 0 Å². The van der Waals surface area contributed by atoms with E-state index in [-0.39, 0.29) is 12.0 Å². The molecule has 0 fully saturated rings. The molecule has 0 bridgehead atoms. The molecule has 0 saturated carbocycles. The molecular weight excluding hydrogens is 240 g/mol. The Labute approximate surface area is 119 Å². The number of hydrogen-bond donors (Lipinski definition) is 2. The number of rotatable bonds is 12. The van der Waals surface area contributed by atoms with Crippen LogP contribution in [0, 0.1) is 11.3 Å². The van der Waals surface area contributed by atoms with E-state index in [9.17, 15) is 0 Å². The first kappa shape index (κ1) is 18.8. The molecule has 0 aliphatic rings. The Morgan fingerprint density at radius 2 is 2.00 bits per heavy atom. The summed E-state index contributed by atoms with van der Waals surface area (Å²) in [5.41, 5.74) is 0.248. The summed E-state index contributed by atoms with van der Waals surface area (Å²) in [6.07, 6.45) is 1.13. The lowest BCUT2D eigenvalue weighted by molar-refractivity contribution is 0.0931. The van der Waals surface area contributed by atoms with Crippen molar-refractivity contribution in [2.75, 3.05) is 53.0 Å². The SMILES string of the molecule is CCC(C)(CNCC(C)C)CN(CCO)CCOC. The number of nitrogens with zero attached hydrogens (tertiary/aromatic N) is 1. The van der Waals surface area contributed by atoms with E-state index < -0.39 is 0 Å². The van der Waals surface area contributed by atoms with E-state index in [4.69, 9.17) is 9.84 Å². The molecule has 0 radical (unpaired) electrons. The van der Waals surface area contributed by atoms with Crippen molar-refractivity contribution in [2.45, 2.75) is 34.1 Å². The summed E-state index contributed by atoms with van der Waals surface area (Å²) in [6.45, 7) is 14.6. The number of nitrogens with one attached hydrogen (secondary N) is 1. The second-order valence-corrected chi connectivity index (χ2v) is 6.18. The highest BCUT2D eigenvalue weighted by molar-refractivity contribution is 4.80. The molecule has 2 N–H and O–H groups in total. The molecule has 0 aromatic carbocycles. The van der Waals surface area contributed by atoms with Gasteiger partial charge < -0.3 is 15.2 Å². The van der Waals surface area contributed by atoms with Crippen molar-refractivity contribution in [1.29, 1.82) is 0 Å². The Morgan fingerprint density at radius 1 is 1.32 bits per heavy atom. The molecule has 0 amide bonds. The van der Waals surface area contributed by atoms with Gasteiger partial charge in [0.25, 0.3) is 0 Å². The minimum atomic E-state index is 0.211. The molecule has 0 saturated heterocycles.